The third kappa shape index (κ3) is 4.64. The van der Waals surface area contributed by atoms with E-state index in [1.54, 1.807) is 6.07 Å². The van der Waals surface area contributed by atoms with Gasteiger partial charge >= 0.3 is 0 Å². The molecule has 4 nitrogen and oxygen atoms in total. The van der Waals surface area contributed by atoms with E-state index in [2.05, 4.69) is 20.4 Å². The molecule has 0 bridgehead atoms. The zero-order valence-corrected chi connectivity index (χ0v) is 10.3. The Morgan fingerprint density at radius 3 is 2.73 bits per heavy atom. The number of aromatic nitrogens is 2. The average molecular weight is 249 g/mol. The molecule has 0 unspecified atom stereocenters. The number of nitrogens with zero attached hydrogens (tertiary/aromatic N) is 3. The predicted molar refractivity (Wildman–Crippen MR) is 63.7 cm³/mol. The second-order valence-electron chi connectivity index (χ2n) is 3.46. The highest BCUT2D eigenvalue weighted by atomic mass is 35.5. The van der Waals surface area contributed by atoms with Gasteiger partial charge in [-0.1, -0.05) is 23.2 Å². The third-order valence-electron chi connectivity index (χ3n) is 1.82. The molecule has 0 fully saturated rings. The van der Waals surface area contributed by atoms with Crippen LogP contribution in [0.2, 0.25) is 10.3 Å². The van der Waals surface area contributed by atoms with Crippen molar-refractivity contribution in [2.45, 2.75) is 6.42 Å². The average Bonchev–Trinajstić information content (AvgIpc) is 2.17. The van der Waals surface area contributed by atoms with E-state index in [1.807, 2.05) is 14.1 Å². The maximum absolute atomic E-state index is 5.83. The molecule has 1 N–H and O–H groups in total. The van der Waals surface area contributed by atoms with Crippen molar-refractivity contribution in [3.05, 3.63) is 16.4 Å². The molecule has 15 heavy (non-hydrogen) atoms. The summed E-state index contributed by atoms with van der Waals surface area (Å²) < 4.78 is 0. The number of hydrogen-bond donors (Lipinski definition) is 1. The van der Waals surface area contributed by atoms with Crippen molar-refractivity contribution in [1.29, 1.82) is 0 Å². The highest BCUT2D eigenvalue weighted by Gasteiger charge is 2.02. The Morgan fingerprint density at radius 2 is 2.07 bits per heavy atom. The van der Waals surface area contributed by atoms with Crippen LogP contribution < -0.4 is 5.32 Å². The number of nitrogens with one attached hydrogen (secondary N) is 1. The first kappa shape index (κ1) is 12.5. The van der Waals surface area contributed by atoms with Gasteiger partial charge in [0.1, 0.15) is 0 Å². The van der Waals surface area contributed by atoms with Crippen LogP contribution in [0.25, 0.3) is 0 Å². The van der Waals surface area contributed by atoms with E-state index in [1.165, 1.54) is 0 Å². The van der Waals surface area contributed by atoms with Gasteiger partial charge in [0, 0.05) is 12.6 Å². The Hall–Kier alpha value is -0.580. The lowest BCUT2D eigenvalue weighted by Gasteiger charge is -2.10. The number of anilines is 1. The Labute approximate surface area is 99.6 Å². The smallest absolute Gasteiger partial charge is 0.174 e. The molecule has 0 aliphatic rings. The van der Waals surface area contributed by atoms with Gasteiger partial charge in [0.25, 0.3) is 0 Å². The first-order chi connectivity index (χ1) is 7.09. The summed E-state index contributed by atoms with van der Waals surface area (Å²) in [6, 6.07) is 1.67. The van der Waals surface area contributed by atoms with Gasteiger partial charge in [0.2, 0.25) is 0 Å². The molecule has 0 aliphatic carbocycles. The van der Waals surface area contributed by atoms with Crippen LogP contribution in [0.3, 0.4) is 0 Å². The summed E-state index contributed by atoms with van der Waals surface area (Å²) in [7, 11) is 4.08. The van der Waals surface area contributed by atoms with Crippen LogP contribution in [0.4, 0.5) is 5.69 Å². The van der Waals surface area contributed by atoms with E-state index in [4.69, 9.17) is 23.2 Å². The maximum Gasteiger partial charge on any atom is 0.174 e. The van der Waals surface area contributed by atoms with Crippen molar-refractivity contribution in [1.82, 2.24) is 15.1 Å². The fourth-order valence-electron chi connectivity index (χ4n) is 1.10. The van der Waals surface area contributed by atoms with Crippen LogP contribution in [-0.4, -0.2) is 42.3 Å². The first-order valence-electron chi connectivity index (χ1n) is 4.67. The molecule has 0 aromatic carbocycles. The highest BCUT2D eigenvalue weighted by molar-refractivity contribution is 6.33. The molecule has 0 amide bonds. The Bertz CT molecular complexity index is 317. The van der Waals surface area contributed by atoms with Crippen molar-refractivity contribution in [2.24, 2.45) is 0 Å². The van der Waals surface area contributed by atoms with Crippen LogP contribution >= 0.6 is 23.2 Å². The Morgan fingerprint density at radius 1 is 1.33 bits per heavy atom. The van der Waals surface area contributed by atoms with Crippen LogP contribution in [0.1, 0.15) is 6.42 Å². The zero-order valence-electron chi connectivity index (χ0n) is 8.80. The number of halogens is 2. The molecule has 0 saturated heterocycles. The maximum atomic E-state index is 5.83. The summed E-state index contributed by atoms with van der Waals surface area (Å²) >= 11 is 11.5. The molecule has 0 radical (unpaired) electrons. The summed E-state index contributed by atoms with van der Waals surface area (Å²) in [6.07, 6.45) is 1.03. The molecule has 1 aromatic rings. The van der Waals surface area contributed by atoms with Gasteiger partial charge < -0.3 is 10.2 Å². The molecule has 84 valence electrons. The lowest BCUT2D eigenvalue weighted by Crippen LogP contribution is -2.16. The molecule has 6 heteroatoms. The number of rotatable bonds is 5. The quantitative estimate of drug-likeness (QED) is 0.812. The lowest BCUT2D eigenvalue weighted by atomic mass is 10.4. The van der Waals surface area contributed by atoms with Crippen molar-refractivity contribution >= 4 is 28.9 Å². The molecule has 1 heterocycles. The minimum absolute atomic E-state index is 0.342. The molecule has 1 rings (SSSR count). The summed E-state index contributed by atoms with van der Waals surface area (Å²) in [4.78, 5) is 2.13. The van der Waals surface area contributed by atoms with E-state index >= 15 is 0 Å². The molecule has 0 saturated carbocycles. The van der Waals surface area contributed by atoms with Crippen LogP contribution in [-0.2, 0) is 0 Å². The Kier molecular flexibility index (Phi) is 5.08. The fraction of sp³-hybridized carbons (Fsp3) is 0.556. The summed E-state index contributed by atoms with van der Waals surface area (Å²) in [5.41, 5.74) is 0.732. The minimum atomic E-state index is 0.342. The van der Waals surface area contributed by atoms with Crippen LogP contribution in [0, 0.1) is 0 Å². The van der Waals surface area contributed by atoms with Gasteiger partial charge in [-0.05, 0) is 27.1 Å². The lowest BCUT2D eigenvalue weighted by molar-refractivity contribution is 0.405. The number of hydrogen-bond acceptors (Lipinski definition) is 4. The molecular formula is C9H14Cl2N4. The van der Waals surface area contributed by atoms with E-state index < -0.39 is 0 Å². The van der Waals surface area contributed by atoms with Gasteiger partial charge in [-0.15, -0.1) is 10.2 Å². The van der Waals surface area contributed by atoms with Crippen LogP contribution in [0.15, 0.2) is 6.07 Å². The predicted octanol–water partition coefficient (Wildman–Crippen LogP) is 2.15. The van der Waals surface area contributed by atoms with Crippen LogP contribution in [0.5, 0.6) is 0 Å². The standard InChI is InChI=1S/C9H14Cl2N4/c1-15(2)5-3-4-12-7-6-8(10)13-14-9(7)11/h6H,3-5H2,1-2H3,(H,12,13). The van der Waals surface area contributed by atoms with E-state index in [0.717, 1.165) is 25.2 Å². The first-order valence-corrected chi connectivity index (χ1v) is 5.42. The molecular weight excluding hydrogens is 235 g/mol. The monoisotopic (exact) mass is 248 g/mol. The molecule has 0 spiro atoms. The minimum Gasteiger partial charge on any atom is -0.382 e. The fourth-order valence-corrected chi connectivity index (χ4v) is 1.40. The van der Waals surface area contributed by atoms with Crippen molar-refractivity contribution in [3.63, 3.8) is 0 Å². The third-order valence-corrected chi connectivity index (χ3v) is 2.28. The van der Waals surface area contributed by atoms with Gasteiger partial charge in [0.05, 0.1) is 5.69 Å². The Balaban J connectivity index is 2.40. The van der Waals surface area contributed by atoms with Gasteiger partial charge in [-0.2, -0.15) is 0 Å². The second-order valence-corrected chi connectivity index (χ2v) is 4.20. The SMILES string of the molecule is CN(C)CCCNc1cc(Cl)nnc1Cl. The van der Waals surface area contributed by atoms with Crippen molar-refractivity contribution in [2.75, 3.05) is 32.5 Å². The van der Waals surface area contributed by atoms with Gasteiger partial charge in [-0.3, -0.25) is 0 Å². The molecule has 1 aromatic heterocycles. The topological polar surface area (TPSA) is 41.0 Å². The van der Waals surface area contributed by atoms with E-state index in [-0.39, 0.29) is 0 Å². The molecule has 0 atom stereocenters. The normalized spacial score (nSPS) is 10.7. The summed E-state index contributed by atoms with van der Waals surface area (Å²) in [5, 5.41) is 11.2. The van der Waals surface area contributed by atoms with Gasteiger partial charge in [-0.25, -0.2) is 0 Å². The van der Waals surface area contributed by atoms with Crippen molar-refractivity contribution in [3.8, 4) is 0 Å². The van der Waals surface area contributed by atoms with Gasteiger partial charge in [0.15, 0.2) is 10.3 Å². The summed E-state index contributed by atoms with van der Waals surface area (Å²) in [6.45, 7) is 1.86. The largest absolute Gasteiger partial charge is 0.382 e. The van der Waals surface area contributed by atoms with Crippen molar-refractivity contribution < 1.29 is 0 Å². The summed E-state index contributed by atoms with van der Waals surface area (Å²) in [5.74, 6) is 0. The second kappa shape index (κ2) is 6.10. The highest BCUT2D eigenvalue weighted by Crippen LogP contribution is 2.20. The van der Waals surface area contributed by atoms with E-state index in [0.29, 0.717) is 10.3 Å². The van der Waals surface area contributed by atoms with E-state index in [9.17, 15) is 0 Å². The zero-order chi connectivity index (χ0) is 11.3. The molecule has 0 aliphatic heterocycles.